The van der Waals surface area contributed by atoms with Gasteiger partial charge in [-0.1, -0.05) is 11.2 Å². The monoisotopic (exact) mass is 299 g/mol. The third-order valence-electron chi connectivity index (χ3n) is 3.70. The Labute approximate surface area is 127 Å². The van der Waals surface area contributed by atoms with Crippen LogP contribution in [-0.4, -0.2) is 28.2 Å². The molecular weight excluding hydrogens is 282 g/mol. The number of carbonyl (C=O) groups excluding carboxylic acids is 1. The van der Waals surface area contributed by atoms with Crippen molar-refractivity contribution >= 4 is 17.0 Å². The highest BCUT2D eigenvalue weighted by Crippen LogP contribution is 2.19. The number of nitrogens with one attached hydrogen (secondary N) is 1. The molecule has 0 radical (unpaired) electrons. The summed E-state index contributed by atoms with van der Waals surface area (Å²) in [5.41, 5.74) is 4.60. The number of esters is 1. The molecule has 0 aliphatic rings. The molecule has 1 N–H and O–H groups in total. The molecule has 6 heteroatoms. The topological polar surface area (TPSA) is 81.0 Å². The first-order valence-electron chi connectivity index (χ1n) is 7.03. The summed E-state index contributed by atoms with van der Waals surface area (Å²) in [5, 5.41) is 3.95. The highest BCUT2D eigenvalue weighted by molar-refractivity contribution is 5.79. The second kappa shape index (κ2) is 5.63. The number of aromatic nitrogens is 3. The van der Waals surface area contributed by atoms with E-state index in [9.17, 15) is 4.79 Å². The van der Waals surface area contributed by atoms with Gasteiger partial charge in [0, 0.05) is 12.0 Å². The smallest absolute Gasteiger partial charge is 0.309 e. The van der Waals surface area contributed by atoms with E-state index >= 15 is 0 Å². The lowest BCUT2D eigenvalue weighted by atomic mass is 10.1. The zero-order chi connectivity index (χ0) is 15.7. The Bertz CT molecular complexity index is 813. The van der Waals surface area contributed by atoms with Gasteiger partial charge in [-0.2, -0.15) is 0 Å². The fourth-order valence-corrected chi connectivity index (χ4v) is 2.46. The van der Waals surface area contributed by atoms with Gasteiger partial charge in [0.25, 0.3) is 0 Å². The van der Waals surface area contributed by atoms with Gasteiger partial charge in [-0.05, 0) is 31.5 Å². The summed E-state index contributed by atoms with van der Waals surface area (Å²) in [6, 6.07) is 5.72. The first kappa shape index (κ1) is 14.3. The van der Waals surface area contributed by atoms with Gasteiger partial charge >= 0.3 is 5.97 Å². The molecule has 0 atom stereocenters. The summed E-state index contributed by atoms with van der Waals surface area (Å²) in [5.74, 6) is 1.40. The van der Waals surface area contributed by atoms with E-state index in [1.165, 1.54) is 7.11 Å². The summed E-state index contributed by atoms with van der Waals surface area (Å²) >= 11 is 0. The minimum atomic E-state index is -0.255. The predicted molar refractivity (Wildman–Crippen MR) is 80.6 cm³/mol. The van der Waals surface area contributed by atoms with Crippen molar-refractivity contribution in [3.63, 3.8) is 0 Å². The Kier molecular flexibility index (Phi) is 3.66. The number of nitrogens with zero attached hydrogens (tertiary/aromatic N) is 2. The summed E-state index contributed by atoms with van der Waals surface area (Å²) < 4.78 is 9.86. The maximum Gasteiger partial charge on any atom is 0.309 e. The molecule has 2 heterocycles. The van der Waals surface area contributed by atoms with Crippen molar-refractivity contribution in [2.75, 3.05) is 7.11 Å². The molecule has 114 valence electrons. The SMILES string of the molecule is COC(=O)Cc1ccc2nc(Cc3c(C)noc3C)[nH]c2c1. The van der Waals surface area contributed by atoms with Gasteiger partial charge in [0.2, 0.25) is 0 Å². The quantitative estimate of drug-likeness (QED) is 0.748. The first-order chi connectivity index (χ1) is 10.6. The maximum atomic E-state index is 11.3. The average molecular weight is 299 g/mol. The number of benzene rings is 1. The molecule has 2 aromatic heterocycles. The average Bonchev–Trinajstić information content (AvgIpc) is 3.04. The molecule has 0 bridgehead atoms. The molecule has 22 heavy (non-hydrogen) atoms. The third-order valence-corrected chi connectivity index (χ3v) is 3.70. The lowest BCUT2D eigenvalue weighted by Gasteiger charge is -1.99. The van der Waals surface area contributed by atoms with E-state index in [0.29, 0.717) is 6.42 Å². The Hall–Kier alpha value is -2.63. The molecule has 6 nitrogen and oxygen atoms in total. The van der Waals surface area contributed by atoms with Gasteiger partial charge in [-0.15, -0.1) is 0 Å². The van der Waals surface area contributed by atoms with Crippen molar-refractivity contribution in [3.05, 3.63) is 46.6 Å². The van der Waals surface area contributed by atoms with E-state index in [4.69, 9.17) is 4.52 Å². The fourth-order valence-electron chi connectivity index (χ4n) is 2.46. The van der Waals surface area contributed by atoms with Crippen LogP contribution in [0.3, 0.4) is 0 Å². The molecule has 0 saturated heterocycles. The number of imidazole rings is 1. The van der Waals surface area contributed by atoms with Gasteiger partial charge in [-0.25, -0.2) is 4.98 Å². The number of hydrogen-bond acceptors (Lipinski definition) is 5. The summed E-state index contributed by atoms with van der Waals surface area (Å²) in [7, 11) is 1.39. The van der Waals surface area contributed by atoms with Crippen LogP contribution in [-0.2, 0) is 22.4 Å². The van der Waals surface area contributed by atoms with Crippen LogP contribution < -0.4 is 0 Å². The van der Waals surface area contributed by atoms with E-state index in [2.05, 4.69) is 19.9 Å². The van der Waals surface area contributed by atoms with Crippen molar-refractivity contribution in [1.82, 2.24) is 15.1 Å². The highest BCUT2D eigenvalue weighted by atomic mass is 16.5. The lowest BCUT2D eigenvalue weighted by Crippen LogP contribution is -2.04. The molecule has 0 unspecified atom stereocenters. The number of rotatable bonds is 4. The number of fused-ring (bicyclic) bond motifs is 1. The molecule has 1 aromatic carbocycles. The van der Waals surface area contributed by atoms with Gasteiger partial charge in [0.15, 0.2) is 0 Å². The normalized spacial score (nSPS) is 11.0. The maximum absolute atomic E-state index is 11.3. The minimum absolute atomic E-state index is 0.255. The van der Waals surface area contributed by atoms with Crippen molar-refractivity contribution in [2.45, 2.75) is 26.7 Å². The standard InChI is InChI=1S/C16H17N3O3/c1-9-12(10(2)22-19-9)8-15-17-13-5-4-11(6-14(13)18-15)7-16(20)21-3/h4-6H,7-8H2,1-3H3,(H,17,18). The number of ether oxygens (including phenoxy) is 1. The van der Waals surface area contributed by atoms with E-state index in [1.54, 1.807) is 0 Å². The Morgan fingerprint density at radius 1 is 1.36 bits per heavy atom. The van der Waals surface area contributed by atoms with Crippen molar-refractivity contribution < 1.29 is 14.1 Å². The van der Waals surface area contributed by atoms with Crippen LogP contribution in [0.25, 0.3) is 11.0 Å². The van der Waals surface area contributed by atoms with Crippen molar-refractivity contribution in [2.24, 2.45) is 0 Å². The molecule has 0 aliphatic heterocycles. The van der Waals surface area contributed by atoms with Gasteiger partial charge < -0.3 is 14.2 Å². The number of methoxy groups -OCH3 is 1. The van der Waals surface area contributed by atoms with E-state index in [-0.39, 0.29) is 12.4 Å². The number of aromatic amines is 1. The van der Waals surface area contributed by atoms with Crippen LogP contribution in [0, 0.1) is 13.8 Å². The fraction of sp³-hybridized carbons (Fsp3) is 0.312. The lowest BCUT2D eigenvalue weighted by molar-refractivity contribution is -0.139. The largest absolute Gasteiger partial charge is 0.469 e. The summed E-state index contributed by atoms with van der Waals surface area (Å²) in [6.07, 6.45) is 0.896. The molecule has 0 spiro atoms. The predicted octanol–water partition coefficient (Wildman–Crippen LogP) is 2.47. The Morgan fingerprint density at radius 2 is 2.18 bits per heavy atom. The molecule has 3 aromatic rings. The van der Waals surface area contributed by atoms with Gasteiger partial charge in [0.05, 0.1) is 30.3 Å². The minimum Gasteiger partial charge on any atom is -0.469 e. The molecule has 0 amide bonds. The van der Waals surface area contributed by atoms with Crippen LogP contribution in [0.2, 0.25) is 0 Å². The molecule has 0 aliphatic carbocycles. The second-order valence-corrected chi connectivity index (χ2v) is 5.27. The van der Waals surface area contributed by atoms with Gasteiger partial charge in [-0.3, -0.25) is 4.79 Å². The first-order valence-corrected chi connectivity index (χ1v) is 7.03. The molecule has 0 saturated carbocycles. The molecular formula is C16H17N3O3. The zero-order valence-corrected chi connectivity index (χ0v) is 12.8. The van der Waals surface area contributed by atoms with E-state index in [0.717, 1.165) is 39.4 Å². The Balaban J connectivity index is 1.88. The number of hydrogen-bond donors (Lipinski definition) is 1. The number of carbonyl (C=O) groups is 1. The van der Waals surface area contributed by atoms with Crippen LogP contribution >= 0.6 is 0 Å². The summed E-state index contributed by atoms with van der Waals surface area (Å²) in [6.45, 7) is 3.81. The van der Waals surface area contributed by atoms with E-state index < -0.39 is 0 Å². The molecule has 3 rings (SSSR count). The van der Waals surface area contributed by atoms with Crippen molar-refractivity contribution in [3.8, 4) is 0 Å². The van der Waals surface area contributed by atoms with Crippen LogP contribution in [0.4, 0.5) is 0 Å². The van der Waals surface area contributed by atoms with Crippen LogP contribution in [0.5, 0.6) is 0 Å². The molecule has 0 fully saturated rings. The summed E-state index contributed by atoms with van der Waals surface area (Å²) in [4.78, 5) is 19.2. The number of H-pyrrole nitrogens is 1. The van der Waals surface area contributed by atoms with Crippen molar-refractivity contribution in [1.29, 1.82) is 0 Å². The highest BCUT2D eigenvalue weighted by Gasteiger charge is 2.13. The van der Waals surface area contributed by atoms with Gasteiger partial charge in [0.1, 0.15) is 11.6 Å². The van der Waals surface area contributed by atoms with E-state index in [1.807, 2.05) is 32.0 Å². The third kappa shape index (κ3) is 2.72. The van der Waals surface area contributed by atoms with Crippen LogP contribution in [0.1, 0.15) is 28.4 Å². The second-order valence-electron chi connectivity index (χ2n) is 5.27. The number of aryl methyl sites for hydroxylation is 2. The Morgan fingerprint density at radius 3 is 2.86 bits per heavy atom. The zero-order valence-electron chi connectivity index (χ0n) is 12.8. The van der Waals surface area contributed by atoms with Crippen LogP contribution in [0.15, 0.2) is 22.7 Å².